The molecule has 0 unspecified atom stereocenters. The van der Waals surface area contributed by atoms with Gasteiger partial charge in [0.2, 0.25) is 0 Å². The topological polar surface area (TPSA) is 73.2 Å². The van der Waals surface area contributed by atoms with Crippen molar-refractivity contribution < 1.29 is 14.3 Å². The van der Waals surface area contributed by atoms with Crippen molar-refractivity contribution in [1.82, 2.24) is 9.78 Å². The summed E-state index contributed by atoms with van der Waals surface area (Å²) in [5.41, 5.74) is 4.21. The molecule has 6 nitrogen and oxygen atoms in total. The van der Waals surface area contributed by atoms with Crippen LogP contribution in [0.3, 0.4) is 0 Å². The number of anilines is 1. The fourth-order valence-corrected chi connectivity index (χ4v) is 5.92. The molecule has 0 bridgehead atoms. The predicted octanol–water partition coefficient (Wildman–Crippen LogP) is 5.24. The first-order chi connectivity index (χ1) is 14.4. The van der Waals surface area contributed by atoms with E-state index in [0.717, 1.165) is 48.2 Å². The lowest BCUT2D eigenvalue weighted by atomic mass is 9.95. The lowest BCUT2D eigenvalue weighted by Crippen LogP contribution is -2.14. The molecule has 0 radical (unpaired) electrons. The Bertz CT molecular complexity index is 1130. The lowest BCUT2D eigenvalue weighted by Gasteiger charge is -2.11. The maximum absolute atomic E-state index is 12.9. The van der Waals surface area contributed by atoms with E-state index in [4.69, 9.17) is 16.3 Å². The highest BCUT2D eigenvalue weighted by molar-refractivity contribution is 7.17. The van der Waals surface area contributed by atoms with Gasteiger partial charge in [-0.05, 0) is 62.1 Å². The van der Waals surface area contributed by atoms with Crippen LogP contribution in [0.1, 0.15) is 60.3 Å². The van der Waals surface area contributed by atoms with Crippen LogP contribution in [-0.4, -0.2) is 28.8 Å². The van der Waals surface area contributed by atoms with Crippen molar-refractivity contribution in [1.29, 1.82) is 0 Å². The Labute approximate surface area is 187 Å². The third kappa shape index (κ3) is 3.91. The number of thiophene rings is 2. The second-order valence-electron chi connectivity index (χ2n) is 7.32. The zero-order valence-corrected chi connectivity index (χ0v) is 19.4. The summed E-state index contributed by atoms with van der Waals surface area (Å²) in [6.07, 6.45) is 3.94. The first-order valence-corrected chi connectivity index (χ1v) is 11.8. The number of hydrogen-bond acceptors (Lipinski definition) is 6. The number of carbonyl (C=O) groups is 2. The van der Waals surface area contributed by atoms with Crippen LogP contribution in [0.15, 0.2) is 11.4 Å². The molecule has 0 aromatic carbocycles. The highest BCUT2D eigenvalue weighted by Crippen LogP contribution is 2.39. The Kier molecular flexibility index (Phi) is 5.99. The molecule has 4 rings (SSSR count). The molecule has 158 valence electrons. The summed E-state index contributed by atoms with van der Waals surface area (Å²) < 4.78 is 6.82. The van der Waals surface area contributed by atoms with E-state index >= 15 is 0 Å². The van der Waals surface area contributed by atoms with Gasteiger partial charge in [0, 0.05) is 4.88 Å². The molecule has 0 spiro atoms. The van der Waals surface area contributed by atoms with Gasteiger partial charge in [-0.25, -0.2) is 4.79 Å². The summed E-state index contributed by atoms with van der Waals surface area (Å²) >= 11 is 9.08. The Hall–Kier alpha value is -2.16. The van der Waals surface area contributed by atoms with Gasteiger partial charge in [0.25, 0.3) is 5.91 Å². The van der Waals surface area contributed by atoms with E-state index in [1.807, 2.05) is 30.0 Å². The molecule has 0 saturated carbocycles. The van der Waals surface area contributed by atoms with Crippen molar-refractivity contribution in [2.45, 2.75) is 46.1 Å². The Morgan fingerprint density at radius 1 is 1.30 bits per heavy atom. The van der Waals surface area contributed by atoms with Gasteiger partial charge in [0.05, 0.1) is 40.5 Å². The van der Waals surface area contributed by atoms with E-state index in [2.05, 4.69) is 10.4 Å². The van der Waals surface area contributed by atoms with Crippen molar-refractivity contribution in [2.75, 3.05) is 12.4 Å². The molecule has 1 amide bonds. The monoisotopic (exact) mass is 463 g/mol. The molecule has 0 aliphatic heterocycles. The number of ether oxygens (including phenoxy) is 1. The molecule has 3 aromatic rings. The maximum atomic E-state index is 12.9. The summed E-state index contributed by atoms with van der Waals surface area (Å²) in [4.78, 5) is 27.0. The van der Waals surface area contributed by atoms with Crippen LogP contribution < -0.4 is 5.32 Å². The number of amides is 1. The van der Waals surface area contributed by atoms with Crippen molar-refractivity contribution in [3.8, 4) is 0 Å². The number of rotatable bonds is 5. The highest BCUT2D eigenvalue weighted by Gasteiger charge is 2.27. The Morgan fingerprint density at radius 3 is 2.77 bits per heavy atom. The van der Waals surface area contributed by atoms with Crippen molar-refractivity contribution in [3.63, 3.8) is 0 Å². The van der Waals surface area contributed by atoms with Crippen LogP contribution >= 0.6 is 34.3 Å². The minimum Gasteiger partial charge on any atom is -0.465 e. The van der Waals surface area contributed by atoms with Crippen LogP contribution in [0.5, 0.6) is 0 Å². The molecule has 0 fully saturated rings. The summed E-state index contributed by atoms with van der Waals surface area (Å²) in [6.45, 7) is 4.34. The predicted molar refractivity (Wildman–Crippen MR) is 120 cm³/mol. The third-order valence-corrected chi connectivity index (χ3v) is 8.02. The highest BCUT2D eigenvalue weighted by atomic mass is 35.5. The Morgan fingerprint density at radius 2 is 2.07 bits per heavy atom. The molecule has 30 heavy (non-hydrogen) atoms. The van der Waals surface area contributed by atoms with Crippen LogP contribution in [0, 0.1) is 13.8 Å². The summed E-state index contributed by atoms with van der Waals surface area (Å²) in [5, 5.41) is 10.6. The molecule has 1 aliphatic carbocycles. The van der Waals surface area contributed by atoms with Gasteiger partial charge in [-0.2, -0.15) is 5.10 Å². The number of aromatic nitrogens is 2. The largest absolute Gasteiger partial charge is 0.465 e. The van der Waals surface area contributed by atoms with E-state index < -0.39 is 5.97 Å². The number of aryl methyl sites for hydroxylation is 2. The number of fused-ring (bicyclic) bond motifs is 1. The number of halogens is 1. The second kappa shape index (κ2) is 8.53. The zero-order chi connectivity index (χ0) is 21.4. The van der Waals surface area contributed by atoms with E-state index in [-0.39, 0.29) is 5.91 Å². The molecule has 9 heteroatoms. The van der Waals surface area contributed by atoms with Crippen molar-refractivity contribution in [2.24, 2.45) is 0 Å². The first-order valence-electron chi connectivity index (χ1n) is 9.70. The number of carbonyl (C=O) groups excluding carboxylic acids is 2. The first kappa shape index (κ1) is 21.1. The molecule has 0 saturated heterocycles. The normalized spacial score (nSPS) is 13.2. The number of hydrogen-bond donors (Lipinski definition) is 1. The number of methoxy groups -OCH3 is 1. The fraction of sp³-hybridized carbons (Fsp3) is 0.381. The molecule has 3 heterocycles. The van der Waals surface area contributed by atoms with Gasteiger partial charge >= 0.3 is 5.97 Å². The van der Waals surface area contributed by atoms with Gasteiger partial charge in [0.1, 0.15) is 5.00 Å². The average Bonchev–Trinajstić information content (AvgIpc) is 3.41. The van der Waals surface area contributed by atoms with Crippen LogP contribution in [0.4, 0.5) is 5.00 Å². The summed E-state index contributed by atoms with van der Waals surface area (Å²) in [6, 6.07) is 1.86. The minimum absolute atomic E-state index is 0.221. The average molecular weight is 464 g/mol. The van der Waals surface area contributed by atoms with Gasteiger partial charge in [-0.3, -0.25) is 9.48 Å². The van der Waals surface area contributed by atoms with Gasteiger partial charge in [-0.15, -0.1) is 22.7 Å². The van der Waals surface area contributed by atoms with Crippen molar-refractivity contribution >= 4 is 51.2 Å². The van der Waals surface area contributed by atoms with Gasteiger partial charge in [-0.1, -0.05) is 11.6 Å². The quantitative estimate of drug-likeness (QED) is 0.525. The smallest absolute Gasteiger partial charge is 0.341 e. The maximum Gasteiger partial charge on any atom is 0.341 e. The second-order valence-corrected chi connectivity index (χ2v) is 9.72. The standard InChI is InChI=1S/C21H22ClN3O3S2/c1-11-18(22)12(2)25(24-11)9-13-8-16(29-10-13)19(26)23-20-17(21(27)28-3)14-6-4-5-7-15(14)30-20/h8,10H,4-7,9H2,1-3H3,(H,23,26). The third-order valence-electron chi connectivity index (χ3n) is 5.29. The SMILES string of the molecule is COC(=O)c1c(NC(=O)c2cc(Cn3nc(C)c(Cl)c3C)cs2)sc2c1CCCC2. The van der Waals surface area contributed by atoms with E-state index in [0.29, 0.717) is 27.0 Å². The number of nitrogens with one attached hydrogen (secondary N) is 1. The minimum atomic E-state index is -0.391. The van der Waals surface area contributed by atoms with Crippen molar-refractivity contribution in [3.05, 3.63) is 54.3 Å². The molecular formula is C21H22ClN3O3S2. The van der Waals surface area contributed by atoms with E-state index in [1.165, 1.54) is 34.7 Å². The Balaban J connectivity index is 1.54. The molecule has 3 aromatic heterocycles. The van der Waals surface area contributed by atoms with Crippen LogP contribution in [0.2, 0.25) is 5.02 Å². The number of esters is 1. The molecule has 1 aliphatic rings. The fourth-order valence-electron chi connectivity index (χ4n) is 3.72. The lowest BCUT2D eigenvalue weighted by molar-refractivity contribution is 0.0601. The van der Waals surface area contributed by atoms with Crippen LogP contribution in [-0.2, 0) is 24.1 Å². The van der Waals surface area contributed by atoms with Gasteiger partial charge < -0.3 is 10.1 Å². The summed E-state index contributed by atoms with van der Waals surface area (Å²) in [5.74, 6) is -0.612. The zero-order valence-electron chi connectivity index (χ0n) is 17.0. The summed E-state index contributed by atoms with van der Waals surface area (Å²) in [7, 11) is 1.37. The van der Waals surface area contributed by atoms with E-state index in [1.54, 1.807) is 0 Å². The molecule has 1 N–H and O–H groups in total. The van der Waals surface area contributed by atoms with Crippen LogP contribution in [0.25, 0.3) is 0 Å². The number of nitrogens with zero attached hydrogens (tertiary/aromatic N) is 2. The molecule has 0 atom stereocenters. The van der Waals surface area contributed by atoms with E-state index in [9.17, 15) is 9.59 Å². The molecular weight excluding hydrogens is 442 g/mol. The van der Waals surface area contributed by atoms with Gasteiger partial charge in [0.15, 0.2) is 0 Å².